The van der Waals surface area contributed by atoms with Gasteiger partial charge >= 0.3 is 5.97 Å². The van der Waals surface area contributed by atoms with Crippen molar-refractivity contribution in [3.8, 4) is 0 Å². The first kappa shape index (κ1) is 22.3. The second-order valence-corrected chi connectivity index (χ2v) is 7.39. The monoisotopic (exact) mass is 364 g/mol. The predicted molar refractivity (Wildman–Crippen MR) is 102 cm³/mol. The second kappa shape index (κ2) is 11.1. The molecule has 1 aliphatic rings. The maximum Gasteiger partial charge on any atom is 0.303 e. The molecule has 0 saturated heterocycles. The summed E-state index contributed by atoms with van der Waals surface area (Å²) in [6.07, 6.45) is 12.5. The molecule has 2 N–H and O–H groups in total. The van der Waals surface area contributed by atoms with Gasteiger partial charge in [0.1, 0.15) is 0 Å². The Morgan fingerprint density at radius 1 is 1.38 bits per heavy atom. The van der Waals surface area contributed by atoms with Crippen molar-refractivity contribution < 1.29 is 24.5 Å². The average Bonchev–Trinajstić information content (AvgIpc) is 2.93. The normalized spacial score (nSPS) is 21.9. The van der Waals surface area contributed by atoms with Crippen LogP contribution in [0.1, 0.15) is 46.5 Å². The van der Waals surface area contributed by atoms with Gasteiger partial charge in [-0.05, 0) is 32.3 Å². The van der Waals surface area contributed by atoms with E-state index in [2.05, 4.69) is 0 Å². The molecule has 0 fully saturated rings. The fourth-order valence-electron chi connectivity index (χ4n) is 2.80. The summed E-state index contributed by atoms with van der Waals surface area (Å²) in [4.78, 5) is 22.5. The molecule has 0 aromatic carbocycles. The zero-order valence-electron chi connectivity index (χ0n) is 16.1. The number of ether oxygens (including phenoxy) is 1. The van der Waals surface area contributed by atoms with Crippen molar-refractivity contribution in [2.75, 3.05) is 13.2 Å². The largest absolute Gasteiger partial charge is 0.481 e. The number of ketones is 1. The molecule has 0 spiro atoms. The summed E-state index contributed by atoms with van der Waals surface area (Å²) in [5.41, 5.74) is -0.390. The van der Waals surface area contributed by atoms with Crippen molar-refractivity contribution in [2.24, 2.45) is 17.3 Å². The van der Waals surface area contributed by atoms with Crippen LogP contribution in [0.3, 0.4) is 0 Å². The number of carboxylic acid groups (broad SMARTS) is 1. The van der Waals surface area contributed by atoms with Gasteiger partial charge in [-0.15, -0.1) is 0 Å². The van der Waals surface area contributed by atoms with E-state index in [1.807, 2.05) is 45.1 Å². The van der Waals surface area contributed by atoms with Gasteiger partial charge in [-0.3, -0.25) is 9.59 Å². The summed E-state index contributed by atoms with van der Waals surface area (Å²) in [6, 6.07) is 0. The molecule has 0 heterocycles. The van der Waals surface area contributed by atoms with Gasteiger partial charge in [-0.1, -0.05) is 44.2 Å². The van der Waals surface area contributed by atoms with Crippen LogP contribution >= 0.6 is 0 Å². The van der Waals surface area contributed by atoms with Crippen LogP contribution in [0.25, 0.3) is 0 Å². The van der Waals surface area contributed by atoms with Crippen LogP contribution in [0.5, 0.6) is 0 Å². The number of hydrogen-bond donors (Lipinski definition) is 2. The maximum atomic E-state index is 12.1. The third-order valence-electron chi connectivity index (χ3n) is 4.63. The molecule has 0 aromatic heterocycles. The molecule has 5 heteroatoms. The zero-order chi connectivity index (χ0) is 19.6. The molecule has 0 aromatic rings. The minimum absolute atomic E-state index is 0.0243. The van der Waals surface area contributed by atoms with Gasteiger partial charge < -0.3 is 14.9 Å². The van der Waals surface area contributed by atoms with Crippen molar-refractivity contribution in [1.82, 2.24) is 0 Å². The van der Waals surface area contributed by atoms with Crippen molar-refractivity contribution in [3.05, 3.63) is 36.5 Å². The molecule has 146 valence electrons. The topological polar surface area (TPSA) is 83.8 Å². The maximum absolute atomic E-state index is 12.1. The Labute approximate surface area is 156 Å². The summed E-state index contributed by atoms with van der Waals surface area (Å²) in [5.74, 6) is -0.865. The minimum atomic E-state index is -0.787. The smallest absolute Gasteiger partial charge is 0.303 e. The van der Waals surface area contributed by atoms with E-state index in [9.17, 15) is 14.7 Å². The van der Waals surface area contributed by atoms with Crippen molar-refractivity contribution in [1.29, 1.82) is 0 Å². The average molecular weight is 364 g/mol. The predicted octanol–water partition coefficient (Wildman–Crippen LogP) is 3.54. The van der Waals surface area contributed by atoms with Crippen LogP contribution in [-0.4, -0.2) is 41.3 Å². The van der Waals surface area contributed by atoms with Crippen LogP contribution in [0.2, 0.25) is 0 Å². The Morgan fingerprint density at radius 3 is 2.77 bits per heavy atom. The zero-order valence-corrected chi connectivity index (χ0v) is 16.1. The second-order valence-electron chi connectivity index (χ2n) is 7.39. The molecule has 1 aliphatic carbocycles. The van der Waals surface area contributed by atoms with E-state index in [4.69, 9.17) is 9.84 Å². The number of aliphatic carboxylic acids is 1. The van der Waals surface area contributed by atoms with Crippen LogP contribution in [0, 0.1) is 17.3 Å². The molecule has 0 aliphatic heterocycles. The van der Waals surface area contributed by atoms with E-state index in [1.54, 1.807) is 12.2 Å². The van der Waals surface area contributed by atoms with Gasteiger partial charge in [0.2, 0.25) is 0 Å². The van der Waals surface area contributed by atoms with Gasteiger partial charge in [0.15, 0.2) is 5.78 Å². The third kappa shape index (κ3) is 7.67. The fraction of sp³-hybridized carbons (Fsp3) is 0.619. The molecule has 1 rings (SSSR count). The number of hydrogen-bond acceptors (Lipinski definition) is 4. The van der Waals surface area contributed by atoms with E-state index in [0.29, 0.717) is 32.5 Å². The van der Waals surface area contributed by atoms with E-state index in [1.165, 1.54) is 0 Å². The standard InChI is InChI=1S/C21H32O5/c1-4-26-15-21(2,3)19(23)14-12-16-11-13-18(22)17(16)9-7-5-6-8-10-20(24)25/h5,7,11-14,16-17,19,23H,4,6,8-10,15H2,1-3H3,(H,24,25)/b7-5-,14-12-/t16-,17-,19-/m1/s1. The molecular weight excluding hydrogens is 332 g/mol. The van der Waals surface area contributed by atoms with E-state index >= 15 is 0 Å². The highest BCUT2D eigenvalue weighted by molar-refractivity contribution is 5.95. The molecule has 0 bridgehead atoms. The van der Waals surface area contributed by atoms with E-state index < -0.39 is 17.5 Å². The Hall–Kier alpha value is -1.72. The lowest BCUT2D eigenvalue weighted by atomic mass is 9.85. The number of aliphatic hydroxyl groups excluding tert-OH is 1. The summed E-state index contributed by atoms with van der Waals surface area (Å²) in [6.45, 7) is 6.90. The molecular formula is C21H32O5. The first-order valence-corrected chi connectivity index (χ1v) is 9.31. The SMILES string of the molecule is CCOCC(C)(C)[C@H](O)/C=C\[C@H]1C=CC(=O)[C@@H]1C/C=C\CCCC(=O)O. The Bertz CT molecular complexity index is 545. The third-order valence-corrected chi connectivity index (χ3v) is 4.63. The van der Waals surface area contributed by atoms with Crippen LogP contribution in [-0.2, 0) is 14.3 Å². The quantitative estimate of drug-likeness (QED) is 0.409. The summed E-state index contributed by atoms with van der Waals surface area (Å²) >= 11 is 0. The summed E-state index contributed by atoms with van der Waals surface area (Å²) in [7, 11) is 0. The highest BCUT2D eigenvalue weighted by Gasteiger charge is 2.29. The lowest BCUT2D eigenvalue weighted by Gasteiger charge is -2.28. The van der Waals surface area contributed by atoms with Crippen molar-refractivity contribution in [3.63, 3.8) is 0 Å². The van der Waals surface area contributed by atoms with Gasteiger partial charge in [0, 0.05) is 30.3 Å². The number of rotatable bonds is 12. The first-order valence-electron chi connectivity index (χ1n) is 9.31. The van der Waals surface area contributed by atoms with Crippen molar-refractivity contribution >= 4 is 11.8 Å². The van der Waals surface area contributed by atoms with Gasteiger partial charge in [-0.2, -0.15) is 0 Å². The molecule has 0 saturated carbocycles. The van der Waals surface area contributed by atoms with Crippen LogP contribution in [0.15, 0.2) is 36.5 Å². The molecule has 0 radical (unpaired) electrons. The number of carbonyl (C=O) groups is 2. The van der Waals surface area contributed by atoms with Crippen LogP contribution < -0.4 is 0 Å². The Kier molecular flexibility index (Phi) is 9.52. The van der Waals surface area contributed by atoms with Crippen molar-refractivity contribution in [2.45, 2.75) is 52.6 Å². The first-order chi connectivity index (χ1) is 12.3. The van der Waals surface area contributed by atoms with Crippen LogP contribution in [0.4, 0.5) is 0 Å². The number of aliphatic hydroxyl groups is 1. The molecule has 26 heavy (non-hydrogen) atoms. The van der Waals surface area contributed by atoms with Gasteiger partial charge in [-0.25, -0.2) is 0 Å². The number of carboxylic acids is 1. The molecule has 0 amide bonds. The molecule has 0 unspecified atom stereocenters. The lowest BCUT2D eigenvalue weighted by Crippen LogP contribution is -2.32. The number of allylic oxidation sites excluding steroid dienone is 5. The van der Waals surface area contributed by atoms with Gasteiger partial charge in [0.25, 0.3) is 0 Å². The molecule has 3 atom stereocenters. The highest BCUT2D eigenvalue weighted by Crippen LogP contribution is 2.29. The molecule has 5 nitrogen and oxygen atoms in total. The van der Waals surface area contributed by atoms with E-state index in [0.717, 1.165) is 0 Å². The highest BCUT2D eigenvalue weighted by atomic mass is 16.5. The van der Waals surface area contributed by atoms with E-state index in [-0.39, 0.29) is 24.0 Å². The Balaban J connectivity index is 2.54. The van der Waals surface area contributed by atoms with Gasteiger partial charge in [0.05, 0.1) is 12.7 Å². The number of unbranched alkanes of at least 4 members (excludes halogenated alkanes) is 1. The summed E-state index contributed by atoms with van der Waals surface area (Å²) < 4.78 is 5.42. The number of carbonyl (C=O) groups excluding carboxylic acids is 1. The Morgan fingerprint density at radius 2 is 2.12 bits per heavy atom. The minimum Gasteiger partial charge on any atom is -0.481 e. The lowest BCUT2D eigenvalue weighted by molar-refractivity contribution is -0.137. The summed E-state index contributed by atoms with van der Waals surface area (Å²) in [5, 5.41) is 19.0. The fourth-order valence-corrected chi connectivity index (χ4v) is 2.80.